The Morgan fingerprint density at radius 2 is 1.75 bits per heavy atom. The maximum Gasteiger partial charge on any atom is 0.237 e. The van der Waals surface area contributed by atoms with E-state index in [0.717, 1.165) is 16.6 Å². The fourth-order valence-electron chi connectivity index (χ4n) is 2.02. The second-order valence-corrected chi connectivity index (χ2v) is 4.38. The predicted molar refractivity (Wildman–Crippen MR) is 77.3 cm³/mol. The highest BCUT2D eigenvalue weighted by atomic mass is 16.5. The molecular formula is C17H12NO2. The molecule has 2 aromatic carbocycles. The quantitative estimate of drug-likeness (QED) is 0.724. The topological polar surface area (TPSA) is 39.2 Å². The third kappa shape index (κ3) is 2.52. The van der Waals surface area contributed by atoms with E-state index in [4.69, 9.17) is 4.74 Å². The lowest BCUT2D eigenvalue weighted by Gasteiger charge is -2.08. The van der Waals surface area contributed by atoms with Crippen molar-refractivity contribution in [2.24, 2.45) is 0 Å². The molecule has 0 unspecified atom stereocenters. The van der Waals surface area contributed by atoms with Crippen LogP contribution in [0.1, 0.15) is 11.3 Å². The van der Waals surface area contributed by atoms with Gasteiger partial charge in [-0.3, -0.25) is 4.79 Å². The molecule has 1 aromatic heterocycles. The zero-order chi connectivity index (χ0) is 13.8. The summed E-state index contributed by atoms with van der Waals surface area (Å²) in [7, 11) is 0. The van der Waals surface area contributed by atoms with Crippen LogP contribution in [0.2, 0.25) is 0 Å². The molecule has 0 aliphatic carbocycles. The van der Waals surface area contributed by atoms with Crippen LogP contribution in [0, 0.1) is 0 Å². The van der Waals surface area contributed by atoms with E-state index < -0.39 is 0 Å². The van der Waals surface area contributed by atoms with Crippen molar-refractivity contribution in [1.29, 1.82) is 0 Å². The smallest absolute Gasteiger partial charge is 0.237 e. The minimum absolute atomic E-state index is 0.323. The Bertz CT molecular complexity index is 753. The SMILES string of the molecule is O=[C]c1ccccc1OCc1ccc2ccccc2n1. The summed E-state index contributed by atoms with van der Waals surface area (Å²) in [6.07, 6.45) is 1.87. The summed E-state index contributed by atoms with van der Waals surface area (Å²) in [5.41, 5.74) is 2.18. The van der Waals surface area contributed by atoms with E-state index in [2.05, 4.69) is 4.98 Å². The lowest BCUT2D eigenvalue weighted by atomic mass is 10.2. The highest BCUT2D eigenvalue weighted by Gasteiger charge is 2.04. The van der Waals surface area contributed by atoms with Crippen molar-refractivity contribution in [3.63, 3.8) is 0 Å². The molecule has 0 bridgehead atoms. The summed E-state index contributed by atoms with van der Waals surface area (Å²) >= 11 is 0. The van der Waals surface area contributed by atoms with E-state index >= 15 is 0 Å². The van der Waals surface area contributed by atoms with Crippen LogP contribution in [0.15, 0.2) is 60.7 Å². The molecule has 0 aliphatic heterocycles. The van der Waals surface area contributed by atoms with E-state index in [1.807, 2.05) is 48.8 Å². The predicted octanol–water partition coefficient (Wildman–Crippen LogP) is 3.27. The number of hydrogen-bond donors (Lipinski definition) is 0. The molecule has 3 aromatic rings. The third-order valence-corrected chi connectivity index (χ3v) is 3.03. The molecule has 0 N–H and O–H groups in total. The van der Waals surface area contributed by atoms with Crippen LogP contribution < -0.4 is 4.74 Å². The average molecular weight is 262 g/mol. The van der Waals surface area contributed by atoms with Gasteiger partial charge in [-0.2, -0.15) is 0 Å². The number of carbonyl (C=O) groups excluding carboxylic acids is 1. The van der Waals surface area contributed by atoms with Gasteiger partial charge in [-0.05, 0) is 24.3 Å². The summed E-state index contributed by atoms with van der Waals surface area (Å²) < 4.78 is 5.64. The average Bonchev–Trinajstić information content (AvgIpc) is 2.53. The first kappa shape index (κ1) is 12.4. The highest BCUT2D eigenvalue weighted by molar-refractivity contribution is 5.79. The van der Waals surface area contributed by atoms with Crippen molar-refractivity contribution in [2.75, 3.05) is 0 Å². The van der Waals surface area contributed by atoms with Gasteiger partial charge in [0, 0.05) is 5.39 Å². The molecule has 0 spiro atoms. The molecule has 0 atom stereocenters. The van der Waals surface area contributed by atoms with Gasteiger partial charge in [-0.25, -0.2) is 4.98 Å². The number of fused-ring (bicyclic) bond motifs is 1. The number of para-hydroxylation sites is 2. The van der Waals surface area contributed by atoms with Crippen molar-refractivity contribution in [2.45, 2.75) is 6.61 Å². The van der Waals surface area contributed by atoms with Gasteiger partial charge in [0.25, 0.3) is 0 Å². The van der Waals surface area contributed by atoms with Gasteiger partial charge in [0.1, 0.15) is 12.4 Å². The summed E-state index contributed by atoms with van der Waals surface area (Å²) in [5.74, 6) is 0.525. The zero-order valence-corrected chi connectivity index (χ0v) is 10.7. The van der Waals surface area contributed by atoms with Crippen LogP contribution in [0.3, 0.4) is 0 Å². The molecule has 0 saturated carbocycles. The molecule has 3 heteroatoms. The summed E-state index contributed by atoms with van der Waals surface area (Å²) in [6.45, 7) is 0.323. The first-order chi connectivity index (χ1) is 9.86. The van der Waals surface area contributed by atoms with Gasteiger partial charge in [0.15, 0.2) is 0 Å². The minimum atomic E-state index is 0.323. The summed E-state index contributed by atoms with van der Waals surface area (Å²) in [6, 6.07) is 18.9. The summed E-state index contributed by atoms with van der Waals surface area (Å²) in [4.78, 5) is 15.3. The fourth-order valence-corrected chi connectivity index (χ4v) is 2.02. The molecule has 0 saturated heterocycles. The fraction of sp³-hybridized carbons (Fsp3) is 0.0588. The van der Waals surface area contributed by atoms with Crippen molar-refractivity contribution in [3.8, 4) is 5.75 Å². The Morgan fingerprint density at radius 3 is 2.65 bits per heavy atom. The second kappa shape index (κ2) is 5.53. The molecular weight excluding hydrogens is 250 g/mol. The van der Waals surface area contributed by atoms with Gasteiger partial charge in [-0.15, -0.1) is 0 Å². The first-order valence-corrected chi connectivity index (χ1v) is 6.31. The molecule has 20 heavy (non-hydrogen) atoms. The standard InChI is InChI=1S/C17H12NO2/c19-11-14-6-2-4-8-17(14)20-12-15-10-9-13-5-1-3-7-16(13)18-15/h1-10H,12H2. The largest absolute Gasteiger partial charge is 0.487 e. The van der Waals surface area contributed by atoms with Crippen molar-refractivity contribution in [3.05, 3.63) is 71.9 Å². The Morgan fingerprint density at radius 1 is 0.950 bits per heavy atom. The Balaban J connectivity index is 1.81. The van der Waals surface area contributed by atoms with Gasteiger partial charge in [-0.1, -0.05) is 36.4 Å². The minimum Gasteiger partial charge on any atom is -0.487 e. The normalized spacial score (nSPS) is 10.4. The number of benzene rings is 2. The first-order valence-electron chi connectivity index (χ1n) is 6.31. The van der Waals surface area contributed by atoms with Crippen molar-refractivity contribution >= 4 is 17.2 Å². The van der Waals surface area contributed by atoms with E-state index in [0.29, 0.717) is 17.9 Å². The monoisotopic (exact) mass is 262 g/mol. The van der Waals surface area contributed by atoms with Crippen LogP contribution in [-0.2, 0) is 11.4 Å². The molecule has 3 rings (SSSR count). The van der Waals surface area contributed by atoms with Gasteiger partial charge in [0.05, 0.1) is 16.8 Å². The molecule has 3 nitrogen and oxygen atoms in total. The van der Waals surface area contributed by atoms with E-state index in [1.165, 1.54) is 0 Å². The number of ether oxygens (including phenoxy) is 1. The number of nitrogens with zero attached hydrogens (tertiary/aromatic N) is 1. The molecule has 0 amide bonds. The molecule has 0 fully saturated rings. The molecule has 1 radical (unpaired) electrons. The van der Waals surface area contributed by atoms with E-state index in [9.17, 15) is 4.79 Å². The molecule has 97 valence electrons. The van der Waals surface area contributed by atoms with Gasteiger partial charge in [0.2, 0.25) is 6.29 Å². The van der Waals surface area contributed by atoms with Crippen molar-refractivity contribution < 1.29 is 9.53 Å². The van der Waals surface area contributed by atoms with Crippen LogP contribution in [0.5, 0.6) is 5.75 Å². The Kier molecular flexibility index (Phi) is 3.42. The van der Waals surface area contributed by atoms with Crippen LogP contribution >= 0.6 is 0 Å². The van der Waals surface area contributed by atoms with Gasteiger partial charge < -0.3 is 4.74 Å². The zero-order valence-electron chi connectivity index (χ0n) is 10.7. The molecule has 0 aliphatic rings. The maximum atomic E-state index is 10.8. The highest BCUT2D eigenvalue weighted by Crippen LogP contribution is 2.18. The van der Waals surface area contributed by atoms with Crippen molar-refractivity contribution in [1.82, 2.24) is 4.98 Å². The lowest BCUT2D eigenvalue weighted by Crippen LogP contribution is -2.00. The van der Waals surface area contributed by atoms with E-state index in [-0.39, 0.29) is 0 Å². The maximum absolute atomic E-state index is 10.8. The van der Waals surface area contributed by atoms with Crippen LogP contribution in [0.25, 0.3) is 10.9 Å². The lowest BCUT2D eigenvalue weighted by molar-refractivity contribution is 0.301. The second-order valence-electron chi connectivity index (χ2n) is 4.38. The number of hydrogen-bond acceptors (Lipinski definition) is 3. The number of rotatable bonds is 4. The van der Waals surface area contributed by atoms with Crippen LogP contribution in [0.4, 0.5) is 0 Å². The Hall–Kier alpha value is -2.68. The third-order valence-electron chi connectivity index (χ3n) is 3.03. The van der Waals surface area contributed by atoms with Gasteiger partial charge >= 0.3 is 0 Å². The number of pyridine rings is 1. The molecule has 1 heterocycles. The van der Waals surface area contributed by atoms with Crippen LogP contribution in [-0.4, -0.2) is 11.3 Å². The Labute approximate surface area is 116 Å². The number of aromatic nitrogens is 1. The summed E-state index contributed by atoms with van der Waals surface area (Å²) in [5, 5.41) is 1.10. The van der Waals surface area contributed by atoms with E-state index in [1.54, 1.807) is 18.2 Å².